The summed E-state index contributed by atoms with van der Waals surface area (Å²) in [5.74, 6) is -0.285. The van der Waals surface area contributed by atoms with Gasteiger partial charge in [0.05, 0.1) is 24.0 Å². The molecule has 1 aliphatic carbocycles. The Labute approximate surface area is 261 Å². The number of anilines is 1. The van der Waals surface area contributed by atoms with Gasteiger partial charge < -0.3 is 20.9 Å². The lowest BCUT2D eigenvalue weighted by Gasteiger charge is -2.24. The summed E-state index contributed by atoms with van der Waals surface area (Å²) in [5, 5.41) is 13.6. The lowest BCUT2D eigenvalue weighted by molar-refractivity contribution is 0.0969. The molecule has 11 heteroatoms. The third-order valence-corrected chi connectivity index (χ3v) is 7.67. The average molecular weight is 639 g/mol. The van der Waals surface area contributed by atoms with Gasteiger partial charge in [0.1, 0.15) is 5.75 Å². The summed E-state index contributed by atoms with van der Waals surface area (Å²) in [6.07, 6.45) is 7.39. The predicted octanol–water partition coefficient (Wildman–Crippen LogP) is 5.44. The van der Waals surface area contributed by atoms with Crippen LogP contribution in [0.15, 0.2) is 66.7 Å². The van der Waals surface area contributed by atoms with Crippen molar-refractivity contribution in [1.82, 2.24) is 10.0 Å². The van der Waals surface area contributed by atoms with E-state index in [4.69, 9.17) is 10.5 Å². The number of amides is 1. The molecule has 0 aromatic heterocycles. The number of ether oxygens (including phenoxy) is 1. The number of aliphatic hydroxyl groups is 1. The van der Waals surface area contributed by atoms with E-state index in [1.54, 1.807) is 18.2 Å². The molecular weight excluding hydrogens is 597 g/mol. The van der Waals surface area contributed by atoms with Gasteiger partial charge in [-0.3, -0.25) is 4.79 Å². The molecule has 5 N–H and O–H groups in total. The van der Waals surface area contributed by atoms with Gasteiger partial charge in [-0.05, 0) is 91.6 Å². The Kier molecular flexibility index (Phi) is 14.1. The molecule has 1 aliphatic rings. The van der Waals surface area contributed by atoms with Crippen molar-refractivity contribution in [2.75, 3.05) is 25.1 Å². The van der Waals surface area contributed by atoms with Gasteiger partial charge in [-0.1, -0.05) is 48.9 Å². The van der Waals surface area contributed by atoms with E-state index in [1.807, 2.05) is 36.4 Å². The third-order valence-electron chi connectivity index (χ3n) is 7.12. The van der Waals surface area contributed by atoms with Crippen LogP contribution in [0.2, 0.25) is 0 Å². The summed E-state index contributed by atoms with van der Waals surface area (Å²) in [6, 6.07) is 20.8. The van der Waals surface area contributed by atoms with Gasteiger partial charge in [0.25, 0.3) is 5.91 Å². The third kappa shape index (κ3) is 10.8. The smallest absolute Gasteiger partial charge is 0.268 e. The summed E-state index contributed by atoms with van der Waals surface area (Å²) >= 11 is 0. The van der Waals surface area contributed by atoms with E-state index >= 15 is 0 Å². The van der Waals surface area contributed by atoms with E-state index in [0.717, 1.165) is 68.0 Å². The first-order valence-electron chi connectivity index (χ1n) is 13.8. The molecule has 1 amide bonds. The Morgan fingerprint density at radius 2 is 1.62 bits per heavy atom. The van der Waals surface area contributed by atoms with Gasteiger partial charge in [-0.25, -0.2) is 13.1 Å². The van der Waals surface area contributed by atoms with Crippen LogP contribution in [0.1, 0.15) is 66.1 Å². The Morgan fingerprint density at radius 1 is 0.976 bits per heavy atom. The number of rotatable bonds is 12. The molecule has 0 heterocycles. The summed E-state index contributed by atoms with van der Waals surface area (Å²) < 4.78 is 31.6. The number of benzene rings is 3. The second-order valence-electron chi connectivity index (χ2n) is 10.5. The van der Waals surface area contributed by atoms with Crippen LogP contribution in [0.3, 0.4) is 0 Å². The fourth-order valence-corrected chi connectivity index (χ4v) is 5.38. The van der Waals surface area contributed by atoms with Crippen LogP contribution in [-0.4, -0.2) is 44.9 Å². The zero-order valence-electron chi connectivity index (χ0n) is 23.8. The fourth-order valence-electron chi connectivity index (χ4n) is 4.93. The first kappa shape index (κ1) is 35.4. The molecule has 3 aromatic rings. The minimum absolute atomic E-state index is 0. The maximum atomic E-state index is 12.7. The number of carbonyl (C=O) groups is 1. The molecule has 0 spiro atoms. The Bertz CT molecular complexity index is 1380. The Balaban J connectivity index is 0.00000308. The van der Waals surface area contributed by atoms with Crippen molar-refractivity contribution in [3.8, 4) is 16.9 Å². The van der Waals surface area contributed by atoms with E-state index in [9.17, 15) is 18.3 Å². The van der Waals surface area contributed by atoms with Crippen molar-refractivity contribution in [1.29, 1.82) is 0 Å². The van der Waals surface area contributed by atoms with E-state index in [-0.39, 0.29) is 36.5 Å². The first-order chi connectivity index (χ1) is 19.2. The van der Waals surface area contributed by atoms with E-state index in [1.165, 1.54) is 12.0 Å². The molecule has 3 aromatic carbocycles. The predicted molar refractivity (Wildman–Crippen MR) is 173 cm³/mol. The lowest BCUT2D eigenvalue weighted by Crippen LogP contribution is -2.30. The summed E-state index contributed by atoms with van der Waals surface area (Å²) in [5.41, 5.74) is 10.5. The quantitative estimate of drug-likeness (QED) is 0.154. The number of nitrogens with two attached hydrogens (primary N) is 1. The minimum atomic E-state index is -3.69. The Hall–Kier alpha value is -2.82. The number of hydrogen-bond donors (Lipinski definition) is 4. The Morgan fingerprint density at radius 3 is 2.26 bits per heavy atom. The second kappa shape index (κ2) is 16.7. The highest BCUT2D eigenvalue weighted by Crippen LogP contribution is 2.31. The topological polar surface area (TPSA) is 131 Å². The molecule has 8 nitrogen and oxygen atoms in total. The second-order valence-corrected chi connectivity index (χ2v) is 12.2. The van der Waals surface area contributed by atoms with Crippen LogP contribution in [0, 0.1) is 0 Å². The number of aryl methyl sites for hydroxylation is 1. The van der Waals surface area contributed by atoms with Crippen LogP contribution in [0.25, 0.3) is 11.1 Å². The number of halogens is 2. The van der Waals surface area contributed by atoms with Crippen molar-refractivity contribution in [3.63, 3.8) is 0 Å². The zero-order valence-corrected chi connectivity index (χ0v) is 26.2. The number of aliphatic hydroxyl groups excluding tert-OH is 1. The molecule has 1 atom stereocenters. The van der Waals surface area contributed by atoms with Gasteiger partial charge in [0.2, 0.25) is 10.0 Å². The average Bonchev–Trinajstić information content (AvgIpc) is 2.93. The number of nitrogens with one attached hydrogen (secondary N) is 2. The molecule has 1 fully saturated rings. The molecule has 1 saturated carbocycles. The van der Waals surface area contributed by atoms with Crippen molar-refractivity contribution >= 4 is 46.4 Å². The number of nitrogen functional groups attached to an aromatic ring is 1. The van der Waals surface area contributed by atoms with E-state index < -0.39 is 22.0 Å². The van der Waals surface area contributed by atoms with Crippen LogP contribution in [0.4, 0.5) is 5.69 Å². The zero-order chi connectivity index (χ0) is 28.5. The molecule has 230 valence electrons. The van der Waals surface area contributed by atoms with Crippen molar-refractivity contribution in [2.24, 2.45) is 0 Å². The first-order valence-corrected chi connectivity index (χ1v) is 15.7. The van der Waals surface area contributed by atoms with Crippen LogP contribution >= 0.6 is 24.8 Å². The van der Waals surface area contributed by atoms with Gasteiger partial charge in [0, 0.05) is 12.2 Å². The van der Waals surface area contributed by atoms with Crippen molar-refractivity contribution < 1.29 is 23.1 Å². The van der Waals surface area contributed by atoms with E-state index in [2.05, 4.69) is 22.2 Å². The molecule has 0 unspecified atom stereocenters. The van der Waals surface area contributed by atoms with E-state index in [0.29, 0.717) is 18.0 Å². The number of hydrogen-bond acceptors (Lipinski definition) is 7. The highest BCUT2D eigenvalue weighted by Gasteiger charge is 2.21. The molecule has 0 saturated heterocycles. The van der Waals surface area contributed by atoms with Crippen LogP contribution < -0.4 is 20.5 Å². The van der Waals surface area contributed by atoms with Crippen molar-refractivity contribution in [3.05, 3.63) is 83.4 Å². The summed E-state index contributed by atoms with van der Waals surface area (Å²) in [4.78, 5) is 12.7. The van der Waals surface area contributed by atoms with Crippen LogP contribution in [0.5, 0.6) is 5.75 Å². The molecular formula is C31H41Cl2N3O5S. The minimum Gasteiger partial charge on any atom is -0.490 e. The number of sulfonamides is 1. The van der Waals surface area contributed by atoms with Gasteiger partial charge >= 0.3 is 0 Å². The summed E-state index contributed by atoms with van der Waals surface area (Å²) in [7, 11) is -3.69. The monoisotopic (exact) mass is 637 g/mol. The highest BCUT2D eigenvalue weighted by atomic mass is 35.5. The number of carbonyl (C=O) groups excluding carboxylic acids is 1. The summed E-state index contributed by atoms with van der Waals surface area (Å²) in [6.45, 7) is 1.26. The fraction of sp³-hybridized carbons (Fsp3) is 0.387. The normalized spacial score (nSPS) is 14.2. The standard InChI is InChI=1S/C31H39N3O5S.2ClH/c1-40(37,38)34-31(36)28-18-15-25(20-30(28)39-27-7-3-2-4-8-27)23-11-9-22(10-12-23)6-5-19-33-21-29(35)24-13-16-26(32)17-14-24;;/h9-18,20,27,29,33,35H,2-8,19,21,32H2,1H3,(H,34,36);2*1H/t29-;;/m0../s1. The largest absolute Gasteiger partial charge is 0.490 e. The highest BCUT2D eigenvalue weighted by molar-refractivity contribution is 7.89. The van der Waals surface area contributed by atoms with Crippen LogP contribution in [-0.2, 0) is 16.4 Å². The molecule has 42 heavy (non-hydrogen) atoms. The van der Waals surface area contributed by atoms with Gasteiger partial charge in [0.15, 0.2) is 0 Å². The SMILES string of the molecule is CS(=O)(=O)NC(=O)c1ccc(-c2ccc(CCCNC[C@H](O)c3ccc(N)cc3)cc2)cc1OC1CCCCC1.Cl.Cl. The van der Waals surface area contributed by atoms with Gasteiger partial charge in [-0.2, -0.15) is 0 Å². The van der Waals surface area contributed by atoms with Crippen molar-refractivity contribution in [2.45, 2.75) is 57.2 Å². The molecule has 0 bridgehead atoms. The molecule has 0 radical (unpaired) electrons. The maximum Gasteiger partial charge on any atom is 0.268 e. The van der Waals surface area contributed by atoms with Gasteiger partial charge in [-0.15, -0.1) is 24.8 Å². The lowest BCUT2D eigenvalue weighted by atomic mass is 9.97. The molecule has 0 aliphatic heterocycles. The maximum absolute atomic E-state index is 12.7. The molecule has 4 rings (SSSR count).